The van der Waals surface area contributed by atoms with E-state index in [0.29, 0.717) is 23.3 Å². The predicted molar refractivity (Wildman–Crippen MR) is 251 cm³/mol. The molecular formula is C55H45N5S. The smallest absolute Gasteiger partial charge is 0.164 e. The van der Waals surface area contributed by atoms with Gasteiger partial charge in [0.05, 0.1) is 11.4 Å². The van der Waals surface area contributed by atoms with Gasteiger partial charge in [-0.05, 0) is 59.4 Å². The molecule has 0 saturated heterocycles. The molecule has 1 aliphatic heterocycles. The van der Waals surface area contributed by atoms with Crippen molar-refractivity contribution in [1.29, 1.82) is 0 Å². The third kappa shape index (κ3) is 6.63. The molecule has 2 aromatic heterocycles. The summed E-state index contributed by atoms with van der Waals surface area (Å²) >= 11 is 1.83. The average Bonchev–Trinajstić information content (AvgIpc) is 3.49. The van der Waals surface area contributed by atoms with Crippen LogP contribution >= 0.6 is 11.8 Å². The van der Waals surface area contributed by atoms with Crippen molar-refractivity contribution in [2.45, 2.75) is 62.2 Å². The van der Waals surface area contributed by atoms with Gasteiger partial charge in [0.2, 0.25) is 0 Å². The topological polar surface area (TPSA) is 64.5 Å². The standard InChI is InChI=1S/C55H45N5S/c1-7-18-41-34(2)48-40(24-17-26-43(48)54(41,3)4)53-59-51(37-21-12-9-13-22-37)58-52(60-53)38-31-29-35(30-32-38)45-33-46(57-50(56-45)36-19-10-8-11-20-36)39-23-16-27-44-49(39)61-47-28-15-14-25-42(47)55(44,5)6/h7-33H,1-6H3/b18-7-. The molecule has 0 atom stereocenters. The highest BCUT2D eigenvalue weighted by Crippen LogP contribution is 2.52. The first kappa shape index (κ1) is 38.4. The van der Waals surface area contributed by atoms with E-state index >= 15 is 0 Å². The van der Waals surface area contributed by atoms with Crippen LogP contribution < -0.4 is 0 Å². The highest BCUT2D eigenvalue weighted by molar-refractivity contribution is 7.99. The number of fused-ring (bicyclic) bond motifs is 3. The molecule has 8 aromatic rings. The van der Waals surface area contributed by atoms with Gasteiger partial charge in [0, 0.05) is 54.0 Å². The lowest BCUT2D eigenvalue weighted by Gasteiger charge is -2.35. The van der Waals surface area contributed by atoms with Crippen molar-refractivity contribution in [3.8, 4) is 68.1 Å². The lowest BCUT2D eigenvalue weighted by Crippen LogP contribution is -2.24. The molecule has 2 aliphatic rings. The van der Waals surface area contributed by atoms with Gasteiger partial charge in [0.15, 0.2) is 23.3 Å². The zero-order chi connectivity index (χ0) is 41.9. The van der Waals surface area contributed by atoms with Gasteiger partial charge in [0.1, 0.15) is 0 Å². The van der Waals surface area contributed by atoms with E-state index in [9.17, 15) is 0 Å². The fourth-order valence-corrected chi connectivity index (χ4v) is 10.7. The summed E-state index contributed by atoms with van der Waals surface area (Å²) in [6.45, 7) is 13.5. The van der Waals surface area contributed by atoms with Gasteiger partial charge >= 0.3 is 0 Å². The Labute approximate surface area is 362 Å². The predicted octanol–water partition coefficient (Wildman–Crippen LogP) is 14.1. The maximum absolute atomic E-state index is 5.25. The molecule has 1 aliphatic carbocycles. The minimum atomic E-state index is -0.154. The Hall–Kier alpha value is -6.76. The van der Waals surface area contributed by atoms with Crippen LogP contribution in [-0.2, 0) is 10.8 Å². The van der Waals surface area contributed by atoms with E-state index in [4.69, 9.17) is 24.9 Å². The molecule has 3 heterocycles. The molecule has 0 N–H and O–H groups in total. The Balaban J connectivity index is 1.09. The highest BCUT2D eigenvalue weighted by atomic mass is 32.2. The SMILES string of the molecule is C/C=C\C1=C(C)c2c(-c3nc(-c4ccccc4)nc(-c4ccc(-c5cc(-c6cccc7c6Sc6ccccc6C7(C)C)nc(-c6ccccc6)n5)cc4)n3)cccc2C1(C)C. The monoisotopic (exact) mass is 807 g/mol. The van der Waals surface area contributed by atoms with Crippen LogP contribution in [0.1, 0.15) is 63.8 Å². The van der Waals surface area contributed by atoms with Gasteiger partial charge in [-0.1, -0.05) is 191 Å². The molecule has 0 amide bonds. The van der Waals surface area contributed by atoms with Crippen molar-refractivity contribution in [1.82, 2.24) is 24.9 Å². The van der Waals surface area contributed by atoms with E-state index in [2.05, 4.69) is 169 Å². The van der Waals surface area contributed by atoms with Crippen molar-refractivity contribution >= 4 is 17.3 Å². The Morgan fingerprint density at radius 3 is 1.66 bits per heavy atom. The first-order valence-corrected chi connectivity index (χ1v) is 21.7. The molecule has 6 heteroatoms. The molecule has 5 nitrogen and oxygen atoms in total. The maximum atomic E-state index is 5.25. The van der Waals surface area contributed by atoms with Crippen LogP contribution in [0.4, 0.5) is 0 Å². The Morgan fingerprint density at radius 2 is 0.984 bits per heavy atom. The van der Waals surface area contributed by atoms with Crippen LogP contribution in [0.2, 0.25) is 0 Å². The maximum Gasteiger partial charge on any atom is 0.164 e. The third-order valence-corrected chi connectivity index (χ3v) is 13.6. The average molecular weight is 808 g/mol. The molecular weight excluding hydrogens is 763 g/mol. The van der Waals surface area contributed by atoms with E-state index in [1.54, 1.807) is 0 Å². The van der Waals surface area contributed by atoms with Crippen LogP contribution in [0.3, 0.4) is 0 Å². The second-order valence-electron chi connectivity index (χ2n) is 16.9. The summed E-state index contributed by atoms with van der Waals surface area (Å²) in [5, 5.41) is 0. The molecule has 0 saturated carbocycles. The summed E-state index contributed by atoms with van der Waals surface area (Å²) in [4.78, 5) is 28.4. The summed E-state index contributed by atoms with van der Waals surface area (Å²) in [5.74, 6) is 2.59. The summed E-state index contributed by atoms with van der Waals surface area (Å²) in [7, 11) is 0. The number of hydrogen-bond donors (Lipinski definition) is 0. The minimum absolute atomic E-state index is 0.141. The quantitative estimate of drug-likeness (QED) is 0.160. The number of nitrogens with zero attached hydrogens (tertiary/aromatic N) is 5. The Morgan fingerprint density at radius 1 is 0.459 bits per heavy atom. The number of hydrogen-bond acceptors (Lipinski definition) is 6. The largest absolute Gasteiger partial charge is 0.228 e. The lowest BCUT2D eigenvalue weighted by atomic mass is 9.77. The molecule has 61 heavy (non-hydrogen) atoms. The second-order valence-corrected chi connectivity index (χ2v) is 17.9. The second kappa shape index (κ2) is 15.1. The van der Waals surface area contributed by atoms with E-state index in [0.717, 1.165) is 44.8 Å². The molecule has 0 spiro atoms. The fourth-order valence-electron chi connectivity index (χ4n) is 9.16. The molecule has 296 valence electrons. The van der Waals surface area contributed by atoms with E-state index in [1.807, 2.05) is 48.2 Å². The normalized spacial score (nSPS) is 14.8. The third-order valence-electron chi connectivity index (χ3n) is 12.4. The van der Waals surface area contributed by atoms with Gasteiger partial charge in [-0.25, -0.2) is 24.9 Å². The van der Waals surface area contributed by atoms with Gasteiger partial charge in [-0.2, -0.15) is 0 Å². The van der Waals surface area contributed by atoms with E-state index < -0.39 is 0 Å². The molecule has 0 fully saturated rings. The summed E-state index contributed by atoms with van der Waals surface area (Å²) in [5.41, 5.74) is 15.0. The van der Waals surface area contributed by atoms with Crippen molar-refractivity contribution < 1.29 is 0 Å². The summed E-state index contributed by atoms with van der Waals surface area (Å²) < 4.78 is 0. The molecule has 6 aromatic carbocycles. The van der Waals surface area contributed by atoms with Gasteiger partial charge in [-0.15, -0.1) is 0 Å². The fraction of sp³-hybridized carbons (Fsp3) is 0.145. The van der Waals surface area contributed by atoms with Crippen LogP contribution in [0.15, 0.2) is 179 Å². The zero-order valence-electron chi connectivity index (χ0n) is 35.2. The van der Waals surface area contributed by atoms with Crippen LogP contribution in [0, 0.1) is 0 Å². The van der Waals surface area contributed by atoms with Gasteiger partial charge in [0.25, 0.3) is 0 Å². The number of aromatic nitrogens is 5. The summed E-state index contributed by atoms with van der Waals surface area (Å²) in [6, 6.07) is 52.9. The van der Waals surface area contributed by atoms with Crippen LogP contribution in [0.25, 0.3) is 73.6 Å². The van der Waals surface area contributed by atoms with Gasteiger partial charge in [-0.3, -0.25) is 0 Å². The lowest BCUT2D eigenvalue weighted by molar-refractivity contribution is 0.608. The first-order chi connectivity index (χ1) is 29.6. The van der Waals surface area contributed by atoms with Crippen LogP contribution in [-0.4, -0.2) is 24.9 Å². The van der Waals surface area contributed by atoms with Crippen LogP contribution in [0.5, 0.6) is 0 Å². The highest BCUT2D eigenvalue weighted by Gasteiger charge is 2.37. The van der Waals surface area contributed by atoms with Crippen molar-refractivity contribution in [3.05, 3.63) is 192 Å². The van der Waals surface area contributed by atoms with Crippen molar-refractivity contribution in [2.75, 3.05) is 0 Å². The molecule has 0 unspecified atom stereocenters. The molecule has 0 bridgehead atoms. The summed E-state index contributed by atoms with van der Waals surface area (Å²) in [6.07, 6.45) is 4.37. The Bertz CT molecular complexity index is 3060. The first-order valence-electron chi connectivity index (χ1n) is 20.9. The number of rotatable bonds is 7. The van der Waals surface area contributed by atoms with Crippen molar-refractivity contribution in [2.24, 2.45) is 0 Å². The zero-order valence-corrected chi connectivity index (χ0v) is 36.0. The minimum Gasteiger partial charge on any atom is -0.228 e. The number of allylic oxidation sites excluding steroid dienone is 4. The molecule has 10 rings (SSSR count). The Kier molecular flexibility index (Phi) is 9.49. The van der Waals surface area contributed by atoms with E-state index in [-0.39, 0.29) is 10.8 Å². The number of benzene rings is 6. The van der Waals surface area contributed by atoms with Crippen molar-refractivity contribution in [3.63, 3.8) is 0 Å². The van der Waals surface area contributed by atoms with E-state index in [1.165, 1.54) is 43.2 Å². The molecule has 0 radical (unpaired) electrons. The van der Waals surface area contributed by atoms with Gasteiger partial charge < -0.3 is 0 Å².